The van der Waals surface area contributed by atoms with E-state index in [0.29, 0.717) is 31.1 Å². The van der Waals surface area contributed by atoms with Crippen LogP contribution >= 0.6 is 0 Å². The molecule has 1 aromatic carbocycles. The van der Waals surface area contributed by atoms with Crippen LogP contribution in [0.25, 0.3) is 0 Å². The number of primary amides is 1. The first-order valence-electron chi connectivity index (χ1n) is 13.7. The summed E-state index contributed by atoms with van der Waals surface area (Å²) in [6.07, 6.45) is 2.50. The molecule has 6 N–H and O–H groups in total. The number of rotatable bonds is 19. The highest BCUT2D eigenvalue weighted by atomic mass is 16.5. The van der Waals surface area contributed by atoms with Gasteiger partial charge in [-0.25, -0.2) is 0 Å². The number of hydrogen-bond acceptors (Lipinski definition) is 7. The van der Waals surface area contributed by atoms with Gasteiger partial charge in [-0.3, -0.25) is 9.59 Å². The van der Waals surface area contributed by atoms with E-state index < -0.39 is 29.4 Å². The zero-order valence-electron chi connectivity index (χ0n) is 24.4. The Hall–Kier alpha value is -2.36. The average Bonchev–Trinajstić information content (AvgIpc) is 2.87. The molecule has 0 aliphatic rings. The van der Waals surface area contributed by atoms with Gasteiger partial charge in [-0.05, 0) is 62.6 Å². The van der Waals surface area contributed by atoms with E-state index in [-0.39, 0.29) is 30.7 Å². The Morgan fingerprint density at radius 1 is 1.11 bits per heavy atom. The van der Waals surface area contributed by atoms with Crippen LogP contribution in [0.2, 0.25) is 0 Å². The molecule has 0 spiro atoms. The summed E-state index contributed by atoms with van der Waals surface area (Å²) in [6, 6.07) is 5.47. The van der Waals surface area contributed by atoms with Crippen molar-refractivity contribution < 1.29 is 28.9 Å². The van der Waals surface area contributed by atoms with E-state index in [1.807, 2.05) is 32.0 Å². The molecule has 0 radical (unpaired) electrons. The summed E-state index contributed by atoms with van der Waals surface area (Å²) in [5.74, 6) is 0.514. The number of nitrogens with two attached hydrogens (primary N) is 2. The standard InChI is InChI=1S/C29H51N3O6/c1-8-20(14-21-10-11-25(37-7)26(16-21)38-13-9-12-36-6)15-23(30)24(33)17-22(19(2)3)27(34)32-18-29(4,5)28(31)35/h10-11,16,19-20,22-24,33H,8-9,12-15,17-18,30H2,1-7H3,(H2,31,35)(H,32,34)/t20-,22-,23-,24-/m0/s1. The first-order valence-corrected chi connectivity index (χ1v) is 13.7. The fraction of sp³-hybridized carbons (Fsp3) is 0.724. The van der Waals surface area contributed by atoms with Gasteiger partial charge in [0.1, 0.15) is 0 Å². The lowest BCUT2D eigenvalue weighted by Crippen LogP contribution is -2.46. The fourth-order valence-corrected chi connectivity index (χ4v) is 4.26. The van der Waals surface area contributed by atoms with Crippen molar-refractivity contribution in [2.75, 3.05) is 34.0 Å². The second-order valence-corrected chi connectivity index (χ2v) is 11.2. The van der Waals surface area contributed by atoms with Crippen LogP contribution in [0.4, 0.5) is 0 Å². The number of hydrogen-bond donors (Lipinski definition) is 4. The van der Waals surface area contributed by atoms with Crippen molar-refractivity contribution >= 4 is 11.8 Å². The van der Waals surface area contributed by atoms with Gasteiger partial charge in [-0.1, -0.05) is 33.3 Å². The third kappa shape index (κ3) is 11.2. The molecule has 9 nitrogen and oxygen atoms in total. The van der Waals surface area contributed by atoms with Crippen LogP contribution in [0.3, 0.4) is 0 Å². The quantitative estimate of drug-likeness (QED) is 0.198. The summed E-state index contributed by atoms with van der Waals surface area (Å²) < 4.78 is 16.4. The molecule has 0 saturated carbocycles. The monoisotopic (exact) mass is 537 g/mol. The van der Waals surface area contributed by atoms with Gasteiger partial charge < -0.3 is 36.1 Å². The van der Waals surface area contributed by atoms with E-state index in [4.69, 9.17) is 25.7 Å². The predicted octanol–water partition coefficient (Wildman–Crippen LogP) is 3.05. The second kappa shape index (κ2) is 16.6. The number of ether oxygens (including phenoxy) is 3. The number of nitrogens with one attached hydrogen (secondary N) is 1. The highest BCUT2D eigenvalue weighted by Crippen LogP contribution is 2.30. The lowest BCUT2D eigenvalue weighted by Gasteiger charge is -2.29. The minimum Gasteiger partial charge on any atom is -0.493 e. The Balaban J connectivity index is 2.79. The van der Waals surface area contributed by atoms with Gasteiger partial charge >= 0.3 is 0 Å². The summed E-state index contributed by atoms with van der Waals surface area (Å²) in [7, 11) is 3.29. The predicted molar refractivity (Wildman–Crippen MR) is 150 cm³/mol. The zero-order valence-corrected chi connectivity index (χ0v) is 24.4. The van der Waals surface area contributed by atoms with Gasteiger partial charge in [0.2, 0.25) is 11.8 Å². The molecule has 4 atom stereocenters. The maximum atomic E-state index is 12.9. The first kappa shape index (κ1) is 33.7. The number of methoxy groups -OCH3 is 2. The van der Waals surface area contributed by atoms with Crippen molar-refractivity contribution in [2.24, 2.45) is 34.6 Å². The Labute approximate surface area is 229 Å². The van der Waals surface area contributed by atoms with Gasteiger partial charge in [0.25, 0.3) is 0 Å². The Morgan fingerprint density at radius 2 is 1.79 bits per heavy atom. The Morgan fingerprint density at radius 3 is 2.34 bits per heavy atom. The molecule has 0 heterocycles. The van der Waals surface area contributed by atoms with E-state index in [1.165, 1.54) is 0 Å². The maximum Gasteiger partial charge on any atom is 0.224 e. The largest absolute Gasteiger partial charge is 0.493 e. The maximum absolute atomic E-state index is 12.9. The van der Waals surface area contributed by atoms with Crippen molar-refractivity contribution in [1.82, 2.24) is 5.32 Å². The summed E-state index contributed by atoms with van der Waals surface area (Å²) in [4.78, 5) is 24.5. The topological polar surface area (TPSA) is 146 Å². The molecule has 0 aliphatic carbocycles. The third-order valence-electron chi connectivity index (χ3n) is 7.19. The van der Waals surface area contributed by atoms with E-state index in [0.717, 1.165) is 24.8 Å². The van der Waals surface area contributed by atoms with Crippen LogP contribution in [-0.2, 0) is 20.7 Å². The molecule has 0 aromatic heterocycles. The van der Waals surface area contributed by atoms with Crippen molar-refractivity contribution in [2.45, 2.75) is 78.9 Å². The average molecular weight is 538 g/mol. The number of benzene rings is 1. The molecule has 1 aromatic rings. The molecular weight excluding hydrogens is 486 g/mol. The molecule has 38 heavy (non-hydrogen) atoms. The number of carbonyl (C=O) groups is 2. The number of aliphatic hydroxyl groups excluding tert-OH is 1. The van der Waals surface area contributed by atoms with E-state index >= 15 is 0 Å². The zero-order chi connectivity index (χ0) is 28.9. The highest BCUT2D eigenvalue weighted by Gasteiger charge is 2.31. The van der Waals surface area contributed by atoms with Crippen molar-refractivity contribution in [3.63, 3.8) is 0 Å². The molecule has 0 unspecified atom stereocenters. The molecule has 2 amide bonds. The van der Waals surface area contributed by atoms with Gasteiger partial charge in [0.05, 0.1) is 25.2 Å². The van der Waals surface area contributed by atoms with Gasteiger partial charge in [0, 0.05) is 38.6 Å². The van der Waals surface area contributed by atoms with Crippen LogP contribution in [0.15, 0.2) is 18.2 Å². The lowest BCUT2D eigenvalue weighted by molar-refractivity contribution is -0.130. The third-order valence-corrected chi connectivity index (χ3v) is 7.19. The lowest BCUT2D eigenvalue weighted by atomic mass is 9.83. The number of aliphatic hydroxyl groups is 1. The van der Waals surface area contributed by atoms with Crippen molar-refractivity contribution in [1.29, 1.82) is 0 Å². The van der Waals surface area contributed by atoms with Crippen LogP contribution in [0.1, 0.15) is 65.9 Å². The summed E-state index contributed by atoms with van der Waals surface area (Å²) in [5.41, 5.74) is 12.1. The molecule has 0 fully saturated rings. The molecule has 218 valence electrons. The molecular formula is C29H51N3O6. The summed E-state index contributed by atoms with van der Waals surface area (Å²) in [6.45, 7) is 10.7. The van der Waals surface area contributed by atoms with Crippen molar-refractivity contribution in [3.05, 3.63) is 23.8 Å². The number of carbonyl (C=O) groups excluding carboxylic acids is 2. The normalized spacial score (nSPS) is 15.0. The highest BCUT2D eigenvalue weighted by molar-refractivity contribution is 5.83. The molecule has 0 aliphatic heterocycles. The van der Waals surface area contributed by atoms with Crippen molar-refractivity contribution in [3.8, 4) is 11.5 Å². The summed E-state index contributed by atoms with van der Waals surface area (Å²) in [5, 5.41) is 13.8. The smallest absolute Gasteiger partial charge is 0.224 e. The molecule has 0 saturated heterocycles. The van der Waals surface area contributed by atoms with Gasteiger partial charge in [-0.15, -0.1) is 0 Å². The van der Waals surface area contributed by atoms with Gasteiger partial charge in [0.15, 0.2) is 11.5 Å². The molecule has 1 rings (SSSR count). The van der Waals surface area contributed by atoms with E-state index in [2.05, 4.69) is 12.2 Å². The van der Waals surface area contributed by atoms with E-state index in [9.17, 15) is 14.7 Å². The van der Waals surface area contributed by atoms with Crippen LogP contribution in [0.5, 0.6) is 11.5 Å². The second-order valence-electron chi connectivity index (χ2n) is 11.2. The fourth-order valence-electron chi connectivity index (χ4n) is 4.26. The SMILES string of the molecule is CC[C@@H](Cc1ccc(OC)c(OCCCOC)c1)C[C@H](N)[C@@H](O)C[C@H](C(=O)NCC(C)(C)C(N)=O)C(C)C. The minimum absolute atomic E-state index is 0.00267. The Bertz CT molecular complexity index is 861. The first-order chi connectivity index (χ1) is 17.9. The minimum atomic E-state index is -0.850. The number of amides is 2. The Kier molecular flexibility index (Phi) is 14.7. The summed E-state index contributed by atoms with van der Waals surface area (Å²) >= 11 is 0. The van der Waals surface area contributed by atoms with Crippen LogP contribution in [-0.4, -0.2) is 63.0 Å². The van der Waals surface area contributed by atoms with Crippen LogP contribution in [0, 0.1) is 23.2 Å². The van der Waals surface area contributed by atoms with Gasteiger partial charge in [-0.2, -0.15) is 0 Å². The van der Waals surface area contributed by atoms with E-state index in [1.54, 1.807) is 28.1 Å². The molecule has 9 heteroatoms. The molecule has 0 bridgehead atoms. The van der Waals surface area contributed by atoms with Crippen LogP contribution < -0.4 is 26.3 Å².